The van der Waals surface area contributed by atoms with E-state index in [1.54, 1.807) is 11.0 Å². The average molecular weight is 317 g/mol. The number of fused-ring (bicyclic) bond motifs is 1. The summed E-state index contributed by atoms with van der Waals surface area (Å²) >= 11 is 0. The van der Waals surface area contributed by atoms with Crippen LogP contribution in [0.1, 0.15) is 42.1 Å². The first-order chi connectivity index (χ1) is 10.9. The third kappa shape index (κ3) is 2.74. The first-order valence-corrected chi connectivity index (χ1v) is 8.14. The normalized spacial score (nSPS) is 27.1. The fourth-order valence-corrected chi connectivity index (χ4v) is 3.66. The summed E-state index contributed by atoms with van der Waals surface area (Å²) in [5.41, 5.74) is 0.809. The molecule has 2 atom stereocenters. The number of aliphatic carboxylic acids is 1. The van der Waals surface area contributed by atoms with Crippen molar-refractivity contribution in [1.29, 1.82) is 0 Å². The predicted molar refractivity (Wildman–Crippen MR) is 85.4 cm³/mol. The molecule has 3 rings (SSSR count). The van der Waals surface area contributed by atoms with Gasteiger partial charge in [0.05, 0.1) is 6.61 Å². The monoisotopic (exact) mass is 317 g/mol. The van der Waals surface area contributed by atoms with Crippen LogP contribution >= 0.6 is 0 Å². The minimum absolute atomic E-state index is 0.0222. The zero-order valence-electron chi connectivity index (χ0n) is 13.6. The van der Waals surface area contributed by atoms with Crippen molar-refractivity contribution in [2.75, 3.05) is 26.3 Å². The summed E-state index contributed by atoms with van der Waals surface area (Å²) in [5, 5.41) is 9.67. The SMILES string of the molecule is CC(C)c1cccc(C(=O)N2C[C@@H]3CCOC[C@]3(C(=O)O)C2)c1. The molecule has 0 saturated carbocycles. The Bertz CT molecular complexity index is 627. The zero-order valence-corrected chi connectivity index (χ0v) is 13.6. The highest BCUT2D eigenvalue weighted by Gasteiger charge is 2.55. The van der Waals surface area contributed by atoms with Gasteiger partial charge in [-0.05, 0) is 36.0 Å². The summed E-state index contributed by atoms with van der Waals surface area (Å²) in [6, 6.07) is 7.62. The molecule has 2 saturated heterocycles. The van der Waals surface area contributed by atoms with Crippen LogP contribution in [0.3, 0.4) is 0 Å². The van der Waals surface area contributed by atoms with Gasteiger partial charge in [0.15, 0.2) is 0 Å². The van der Waals surface area contributed by atoms with E-state index in [0.29, 0.717) is 31.1 Å². The van der Waals surface area contributed by atoms with E-state index in [4.69, 9.17) is 4.74 Å². The Balaban J connectivity index is 1.84. The van der Waals surface area contributed by atoms with Crippen molar-refractivity contribution >= 4 is 11.9 Å². The molecule has 5 nitrogen and oxygen atoms in total. The van der Waals surface area contributed by atoms with Crippen molar-refractivity contribution in [2.45, 2.75) is 26.2 Å². The molecule has 0 spiro atoms. The molecule has 2 aliphatic heterocycles. The molecule has 0 aliphatic carbocycles. The lowest BCUT2D eigenvalue weighted by Gasteiger charge is -2.33. The summed E-state index contributed by atoms with van der Waals surface area (Å²) < 4.78 is 5.41. The van der Waals surface area contributed by atoms with E-state index in [0.717, 1.165) is 5.56 Å². The Morgan fingerprint density at radius 3 is 2.83 bits per heavy atom. The van der Waals surface area contributed by atoms with Crippen LogP contribution in [0.2, 0.25) is 0 Å². The van der Waals surface area contributed by atoms with Crippen LogP contribution < -0.4 is 0 Å². The smallest absolute Gasteiger partial charge is 0.314 e. The van der Waals surface area contributed by atoms with Gasteiger partial charge >= 0.3 is 5.97 Å². The van der Waals surface area contributed by atoms with Crippen molar-refractivity contribution in [3.05, 3.63) is 35.4 Å². The van der Waals surface area contributed by atoms with Gasteiger partial charge in [0.2, 0.25) is 0 Å². The number of hydrogen-bond acceptors (Lipinski definition) is 3. The number of benzene rings is 1. The van der Waals surface area contributed by atoms with Gasteiger partial charge in [0, 0.05) is 25.3 Å². The molecule has 2 aliphatic rings. The molecule has 0 bridgehead atoms. The topological polar surface area (TPSA) is 66.8 Å². The molecule has 23 heavy (non-hydrogen) atoms. The molecule has 5 heteroatoms. The number of carbonyl (C=O) groups excluding carboxylic acids is 1. The standard InChI is InChI=1S/C18H23NO4/c1-12(2)13-4-3-5-14(8-13)16(20)19-9-15-6-7-23-11-18(15,10-19)17(21)22/h3-5,8,12,15H,6-7,9-11H2,1-2H3,(H,21,22)/t15-,18+/m0/s1. The van der Waals surface area contributed by atoms with Crippen molar-refractivity contribution in [3.63, 3.8) is 0 Å². The van der Waals surface area contributed by atoms with Gasteiger partial charge in [-0.1, -0.05) is 26.0 Å². The van der Waals surface area contributed by atoms with Gasteiger partial charge in [0.1, 0.15) is 5.41 Å². The van der Waals surface area contributed by atoms with Gasteiger partial charge in [-0.3, -0.25) is 9.59 Å². The van der Waals surface area contributed by atoms with Crippen LogP contribution in [0, 0.1) is 11.3 Å². The average Bonchev–Trinajstić information content (AvgIpc) is 2.95. The second kappa shape index (κ2) is 5.96. The molecule has 1 aromatic rings. The van der Waals surface area contributed by atoms with Crippen LogP contribution in [0.5, 0.6) is 0 Å². The van der Waals surface area contributed by atoms with E-state index >= 15 is 0 Å². The third-order valence-electron chi connectivity index (χ3n) is 5.18. The fraction of sp³-hybridized carbons (Fsp3) is 0.556. The van der Waals surface area contributed by atoms with Gasteiger partial charge in [-0.25, -0.2) is 0 Å². The number of likely N-dealkylation sites (tertiary alicyclic amines) is 1. The number of hydrogen-bond donors (Lipinski definition) is 1. The highest BCUT2D eigenvalue weighted by Crippen LogP contribution is 2.42. The number of ether oxygens (including phenoxy) is 1. The fourth-order valence-electron chi connectivity index (χ4n) is 3.66. The summed E-state index contributed by atoms with van der Waals surface area (Å²) in [6.45, 7) is 5.68. The molecule has 2 fully saturated rings. The van der Waals surface area contributed by atoms with Crippen molar-refractivity contribution in [3.8, 4) is 0 Å². The zero-order chi connectivity index (χ0) is 16.6. The molecule has 0 aromatic heterocycles. The molecule has 1 amide bonds. The Labute approximate surface area is 136 Å². The lowest BCUT2D eigenvalue weighted by Crippen LogP contribution is -2.46. The number of carbonyl (C=O) groups is 2. The number of carboxylic acids is 1. The lowest BCUT2D eigenvalue weighted by atomic mass is 9.76. The number of nitrogens with zero attached hydrogens (tertiary/aromatic N) is 1. The highest BCUT2D eigenvalue weighted by atomic mass is 16.5. The van der Waals surface area contributed by atoms with Gasteiger partial charge in [-0.2, -0.15) is 0 Å². The quantitative estimate of drug-likeness (QED) is 0.929. The maximum atomic E-state index is 12.8. The minimum Gasteiger partial charge on any atom is -0.481 e. The van der Waals surface area contributed by atoms with Crippen LogP contribution in [-0.4, -0.2) is 48.2 Å². The van der Waals surface area contributed by atoms with Gasteiger partial charge < -0.3 is 14.7 Å². The first kappa shape index (κ1) is 16.0. The molecule has 0 unspecified atom stereocenters. The van der Waals surface area contributed by atoms with Gasteiger partial charge in [-0.15, -0.1) is 0 Å². The molecule has 0 radical (unpaired) electrons. The maximum absolute atomic E-state index is 12.8. The Kier molecular flexibility index (Phi) is 4.15. The number of carboxylic acid groups (broad SMARTS) is 1. The third-order valence-corrected chi connectivity index (χ3v) is 5.18. The molecule has 1 aromatic carbocycles. The number of amides is 1. The van der Waals surface area contributed by atoms with E-state index in [2.05, 4.69) is 13.8 Å². The first-order valence-electron chi connectivity index (χ1n) is 8.14. The second-order valence-electron chi connectivity index (χ2n) is 6.97. The van der Waals surface area contributed by atoms with Crippen LogP contribution in [-0.2, 0) is 9.53 Å². The Morgan fingerprint density at radius 1 is 1.39 bits per heavy atom. The van der Waals surface area contributed by atoms with Gasteiger partial charge in [0.25, 0.3) is 5.91 Å². The van der Waals surface area contributed by atoms with Crippen LogP contribution in [0.25, 0.3) is 0 Å². The van der Waals surface area contributed by atoms with Crippen LogP contribution in [0.15, 0.2) is 24.3 Å². The number of rotatable bonds is 3. The minimum atomic E-state index is -0.941. The Morgan fingerprint density at radius 2 is 2.17 bits per heavy atom. The van der Waals surface area contributed by atoms with E-state index < -0.39 is 11.4 Å². The summed E-state index contributed by atoms with van der Waals surface area (Å²) in [6.07, 6.45) is 0.697. The second-order valence-corrected chi connectivity index (χ2v) is 6.97. The maximum Gasteiger partial charge on any atom is 0.314 e. The molecule has 2 heterocycles. The molecule has 1 N–H and O–H groups in total. The van der Waals surface area contributed by atoms with E-state index in [1.807, 2.05) is 18.2 Å². The van der Waals surface area contributed by atoms with E-state index in [-0.39, 0.29) is 25.0 Å². The van der Waals surface area contributed by atoms with Crippen molar-refractivity contribution in [2.24, 2.45) is 11.3 Å². The van der Waals surface area contributed by atoms with Crippen LogP contribution in [0.4, 0.5) is 0 Å². The van der Waals surface area contributed by atoms with Crippen molar-refractivity contribution in [1.82, 2.24) is 4.90 Å². The summed E-state index contributed by atoms with van der Waals surface area (Å²) in [7, 11) is 0. The predicted octanol–water partition coefficient (Wildman–Crippen LogP) is 2.37. The molecule has 124 valence electrons. The van der Waals surface area contributed by atoms with E-state index in [1.165, 1.54) is 0 Å². The lowest BCUT2D eigenvalue weighted by molar-refractivity contribution is -0.159. The largest absolute Gasteiger partial charge is 0.481 e. The van der Waals surface area contributed by atoms with E-state index in [9.17, 15) is 14.7 Å². The molecular weight excluding hydrogens is 294 g/mol. The highest BCUT2D eigenvalue weighted by molar-refractivity contribution is 5.95. The molecular formula is C18H23NO4. The summed E-state index contributed by atoms with van der Waals surface area (Å²) in [5.74, 6) is -0.607. The summed E-state index contributed by atoms with van der Waals surface area (Å²) in [4.78, 5) is 26.3. The van der Waals surface area contributed by atoms with Crippen molar-refractivity contribution < 1.29 is 19.4 Å². The Hall–Kier alpha value is -1.88.